The number of aromatic carboxylic acids is 2. The van der Waals surface area contributed by atoms with Crippen molar-refractivity contribution in [2.75, 3.05) is 19.7 Å². The second-order valence-corrected chi connectivity index (χ2v) is 11.6. The Labute approximate surface area is 283 Å². The van der Waals surface area contributed by atoms with Gasteiger partial charge in [-0.2, -0.15) is 0 Å². The molecule has 4 N–H and O–H groups in total. The molecule has 3 aromatic heterocycles. The van der Waals surface area contributed by atoms with Gasteiger partial charge in [-0.25, -0.2) is 19.6 Å². The van der Waals surface area contributed by atoms with E-state index in [2.05, 4.69) is 15.0 Å². The zero-order chi connectivity index (χ0) is 35.8. The summed E-state index contributed by atoms with van der Waals surface area (Å²) in [5.74, 6) is -4.04. The van der Waals surface area contributed by atoms with Gasteiger partial charge in [0.15, 0.2) is 0 Å². The van der Waals surface area contributed by atoms with E-state index in [1.165, 1.54) is 34.1 Å². The fraction of sp³-hybridized carbons (Fsp3) is 0.412. The summed E-state index contributed by atoms with van der Waals surface area (Å²) < 4.78 is 6.06. The highest BCUT2D eigenvalue weighted by Gasteiger charge is 2.18. The number of rotatable bonds is 23. The Morgan fingerprint density at radius 1 is 0.612 bits per heavy atom. The SMILES string of the molecule is CC(=O)CCCCCCCOc1cc(CN(CC(=O)O)Cc2cccc(C(=O)O)n2)nc(CN(CC(=O)O)Cc2cccc(C(=O)O)n2)c1. The summed E-state index contributed by atoms with van der Waals surface area (Å²) >= 11 is 0. The highest BCUT2D eigenvalue weighted by atomic mass is 16.5. The van der Waals surface area contributed by atoms with Gasteiger partial charge >= 0.3 is 23.9 Å². The number of carboxylic acid groups (broad SMARTS) is 4. The molecular formula is C34H41N5O10. The first-order chi connectivity index (χ1) is 23.4. The topological polar surface area (TPSA) is 221 Å². The largest absolute Gasteiger partial charge is 0.493 e. The van der Waals surface area contributed by atoms with Crippen LogP contribution in [0.25, 0.3) is 0 Å². The molecule has 0 aliphatic carbocycles. The van der Waals surface area contributed by atoms with Crippen LogP contribution in [0.5, 0.6) is 5.75 Å². The zero-order valence-electron chi connectivity index (χ0n) is 27.3. The fourth-order valence-corrected chi connectivity index (χ4v) is 5.07. The van der Waals surface area contributed by atoms with Gasteiger partial charge in [0, 0.05) is 44.7 Å². The quantitative estimate of drug-likeness (QED) is 0.105. The van der Waals surface area contributed by atoms with Crippen LogP contribution in [0.2, 0.25) is 0 Å². The van der Waals surface area contributed by atoms with Gasteiger partial charge in [0.1, 0.15) is 22.9 Å². The molecule has 15 heteroatoms. The molecule has 0 aliphatic heterocycles. The van der Waals surface area contributed by atoms with Crippen molar-refractivity contribution in [3.05, 3.63) is 82.7 Å². The lowest BCUT2D eigenvalue weighted by Gasteiger charge is -2.22. The van der Waals surface area contributed by atoms with E-state index in [1.807, 2.05) is 0 Å². The summed E-state index contributed by atoms with van der Waals surface area (Å²) in [4.78, 5) is 73.5. The smallest absolute Gasteiger partial charge is 0.354 e. The first-order valence-corrected chi connectivity index (χ1v) is 15.8. The summed E-state index contributed by atoms with van der Waals surface area (Å²) in [7, 11) is 0. The monoisotopic (exact) mass is 679 g/mol. The van der Waals surface area contributed by atoms with Crippen LogP contribution < -0.4 is 4.74 Å². The van der Waals surface area contributed by atoms with Gasteiger partial charge in [-0.05, 0) is 44.0 Å². The van der Waals surface area contributed by atoms with Crippen molar-refractivity contribution in [1.82, 2.24) is 24.8 Å². The van der Waals surface area contributed by atoms with Crippen LogP contribution in [0.15, 0.2) is 48.5 Å². The van der Waals surface area contributed by atoms with Crippen molar-refractivity contribution < 1.29 is 49.1 Å². The second kappa shape index (κ2) is 19.5. The molecule has 0 radical (unpaired) electrons. The van der Waals surface area contributed by atoms with Crippen molar-refractivity contribution in [2.45, 2.75) is 71.6 Å². The third-order valence-electron chi connectivity index (χ3n) is 7.16. The number of hydrogen-bond acceptors (Lipinski definition) is 11. The van der Waals surface area contributed by atoms with Crippen LogP contribution in [-0.4, -0.2) is 94.5 Å². The summed E-state index contributed by atoms with van der Waals surface area (Å²) in [6.07, 6.45) is 4.95. The van der Waals surface area contributed by atoms with E-state index in [4.69, 9.17) is 4.74 Å². The summed E-state index contributed by atoms with van der Waals surface area (Å²) in [6.45, 7) is 1.22. The maximum atomic E-state index is 11.8. The highest BCUT2D eigenvalue weighted by molar-refractivity contribution is 5.85. The van der Waals surface area contributed by atoms with Gasteiger partial charge in [-0.15, -0.1) is 0 Å². The Morgan fingerprint density at radius 3 is 1.51 bits per heavy atom. The van der Waals surface area contributed by atoms with E-state index in [-0.39, 0.29) is 43.4 Å². The number of hydrogen-bond donors (Lipinski definition) is 4. The molecule has 0 fully saturated rings. The molecule has 0 saturated heterocycles. The summed E-state index contributed by atoms with van der Waals surface area (Å²) in [6, 6.07) is 12.3. The number of aromatic nitrogens is 3. The van der Waals surface area contributed by atoms with Gasteiger partial charge in [0.2, 0.25) is 0 Å². The van der Waals surface area contributed by atoms with E-state index in [0.717, 1.165) is 32.1 Å². The Kier molecular flexibility index (Phi) is 15.2. The van der Waals surface area contributed by atoms with Crippen molar-refractivity contribution in [1.29, 1.82) is 0 Å². The zero-order valence-corrected chi connectivity index (χ0v) is 27.3. The lowest BCUT2D eigenvalue weighted by Crippen LogP contribution is -2.31. The number of ketones is 1. The van der Waals surface area contributed by atoms with Crippen LogP contribution in [0.1, 0.15) is 89.2 Å². The second-order valence-electron chi connectivity index (χ2n) is 11.6. The third-order valence-corrected chi connectivity index (χ3v) is 7.16. The number of pyridine rings is 3. The predicted molar refractivity (Wildman–Crippen MR) is 174 cm³/mol. The highest BCUT2D eigenvalue weighted by Crippen LogP contribution is 2.20. The molecule has 3 rings (SSSR count). The van der Waals surface area contributed by atoms with Crippen LogP contribution in [0.4, 0.5) is 0 Å². The molecule has 49 heavy (non-hydrogen) atoms. The molecule has 0 spiro atoms. The van der Waals surface area contributed by atoms with Crippen molar-refractivity contribution >= 4 is 29.7 Å². The first kappa shape index (κ1) is 38.2. The number of unbranched alkanes of at least 4 members (excludes halogenated alkanes) is 4. The summed E-state index contributed by atoms with van der Waals surface area (Å²) in [5.41, 5.74) is 1.19. The molecule has 0 amide bonds. The normalized spacial score (nSPS) is 11.1. The minimum Gasteiger partial charge on any atom is -0.493 e. The minimum absolute atomic E-state index is 0.00979. The molecule has 0 aliphatic rings. The Balaban J connectivity index is 1.84. The number of carboxylic acids is 4. The molecule has 0 bridgehead atoms. The van der Waals surface area contributed by atoms with Gasteiger partial charge < -0.3 is 30.0 Å². The van der Waals surface area contributed by atoms with E-state index in [1.54, 1.807) is 31.2 Å². The molecule has 3 aromatic rings. The van der Waals surface area contributed by atoms with Gasteiger partial charge in [0.25, 0.3) is 0 Å². The molecule has 0 aromatic carbocycles. The van der Waals surface area contributed by atoms with E-state index in [9.17, 15) is 44.4 Å². The number of aliphatic carboxylic acids is 2. The molecule has 0 atom stereocenters. The fourth-order valence-electron chi connectivity index (χ4n) is 5.07. The lowest BCUT2D eigenvalue weighted by molar-refractivity contribution is -0.139. The average molecular weight is 680 g/mol. The number of carbonyl (C=O) groups is 5. The number of nitrogens with zero attached hydrogens (tertiary/aromatic N) is 5. The van der Waals surface area contributed by atoms with E-state index in [0.29, 0.717) is 41.6 Å². The lowest BCUT2D eigenvalue weighted by atomic mass is 10.1. The Morgan fingerprint density at radius 2 is 1.06 bits per heavy atom. The number of carbonyl (C=O) groups excluding carboxylic acids is 1. The standard InChI is InChI=1S/C34H41N5O10/c1-23(40)9-5-3-2-4-6-14-49-28-15-26(19-38(21-31(41)42)17-24-10-7-12-29(36-24)33(45)46)35-27(16-28)20-39(22-32(43)44)18-25-11-8-13-30(37-25)34(47)48/h7-8,10-13,15-16H,2-6,9,14,17-22H2,1H3,(H,41,42)(H,43,44)(H,45,46)(H,47,48). The third kappa shape index (κ3) is 14.6. The molecular weight excluding hydrogens is 638 g/mol. The predicted octanol–water partition coefficient (Wildman–Crippen LogP) is 3.75. The van der Waals surface area contributed by atoms with Gasteiger partial charge in [-0.3, -0.25) is 24.4 Å². The van der Waals surface area contributed by atoms with Crippen molar-refractivity contribution in [3.63, 3.8) is 0 Å². The van der Waals surface area contributed by atoms with Crippen molar-refractivity contribution in [3.8, 4) is 5.75 Å². The van der Waals surface area contributed by atoms with Crippen LogP contribution in [0, 0.1) is 0 Å². The molecule has 3 heterocycles. The van der Waals surface area contributed by atoms with Gasteiger partial charge in [0.05, 0.1) is 42.5 Å². The Hall–Kier alpha value is -5.28. The maximum Gasteiger partial charge on any atom is 0.354 e. The molecule has 262 valence electrons. The molecule has 0 saturated carbocycles. The molecule has 15 nitrogen and oxygen atoms in total. The summed E-state index contributed by atoms with van der Waals surface area (Å²) in [5, 5.41) is 37.9. The van der Waals surface area contributed by atoms with Crippen LogP contribution in [-0.2, 0) is 40.6 Å². The Bertz CT molecular complexity index is 1520. The van der Waals surface area contributed by atoms with Crippen LogP contribution in [0.3, 0.4) is 0 Å². The number of Topliss-reactive ketones (excluding diaryl/α,β-unsaturated/α-hetero) is 1. The van der Waals surface area contributed by atoms with Gasteiger partial charge in [-0.1, -0.05) is 31.4 Å². The van der Waals surface area contributed by atoms with Crippen LogP contribution >= 0.6 is 0 Å². The number of ether oxygens (including phenoxy) is 1. The van der Waals surface area contributed by atoms with E-state index >= 15 is 0 Å². The van der Waals surface area contributed by atoms with E-state index < -0.39 is 37.0 Å². The first-order valence-electron chi connectivity index (χ1n) is 15.8. The molecule has 0 unspecified atom stereocenters. The maximum absolute atomic E-state index is 11.8. The minimum atomic E-state index is -1.21. The average Bonchev–Trinajstić information content (AvgIpc) is 3.01. The van der Waals surface area contributed by atoms with Crippen molar-refractivity contribution in [2.24, 2.45) is 0 Å².